The maximum Gasteiger partial charge on any atom is 0.416 e. The number of aliphatic carboxylic acids is 1. The lowest BCUT2D eigenvalue weighted by Crippen LogP contribution is -2.18. The summed E-state index contributed by atoms with van der Waals surface area (Å²) in [6.07, 6.45) is -3.25. The topological polar surface area (TPSA) is 67.8 Å². The molecule has 0 radical (unpaired) electrons. The van der Waals surface area contributed by atoms with Gasteiger partial charge in [0, 0.05) is 5.56 Å². The molecule has 0 bridgehead atoms. The number of hydrogen-bond acceptors (Lipinski definition) is 4. The molecule has 2 rings (SSSR count). The fraction of sp³-hybridized carbons (Fsp3) is 0.250. The third kappa shape index (κ3) is 6.49. The summed E-state index contributed by atoms with van der Waals surface area (Å²) >= 11 is 0. The molecule has 0 saturated carbocycles. The molecule has 0 aliphatic carbocycles. The first-order valence-electron chi connectivity index (χ1n) is 8.56. The van der Waals surface area contributed by atoms with Gasteiger partial charge < -0.3 is 9.84 Å². The summed E-state index contributed by atoms with van der Waals surface area (Å²) in [6.45, 7) is 1.65. The molecule has 0 saturated heterocycles. The van der Waals surface area contributed by atoms with Gasteiger partial charge in [-0.1, -0.05) is 30.3 Å². The zero-order valence-electron chi connectivity index (χ0n) is 15.4. The van der Waals surface area contributed by atoms with Gasteiger partial charge in [0.05, 0.1) is 17.7 Å². The molecular weight excluding hydrogens is 394 g/mol. The molecule has 2 N–H and O–H groups in total. The van der Waals surface area contributed by atoms with Crippen LogP contribution in [-0.4, -0.2) is 24.3 Å². The molecule has 0 amide bonds. The second-order valence-electron chi connectivity index (χ2n) is 5.88. The number of halogens is 4. The average Bonchev–Trinajstić information content (AvgIpc) is 2.66. The molecular formula is C20H19F4NO4. The van der Waals surface area contributed by atoms with Crippen molar-refractivity contribution < 1.29 is 37.0 Å². The van der Waals surface area contributed by atoms with Gasteiger partial charge >= 0.3 is 12.1 Å². The van der Waals surface area contributed by atoms with E-state index in [1.54, 1.807) is 13.0 Å². The first-order valence-corrected chi connectivity index (χ1v) is 8.56. The van der Waals surface area contributed by atoms with Gasteiger partial charge in [0.15, 0.2) is 11.6 Å². The van der Waals surface area contributed by atoms with Crippen molar-refractivity contribution in [3.8, 4) is 5.75 Å². The van der Waals surface area contributed by atoms with Crippen LogP contribution in [0.4, 0.5) is 17.6 Å². The number of hydroxylamine groups is 1. The SMILES string of the molecule is CC=C(NOCCOc1cccc(CC(=O)O)c1F)c1ccc(C(F)(F)F)cc1. The van der Waals surface area contributed by atoms with Crippen molar-refractivity contribution >= 4 is 11.7 Å². The second kappa shape index (κ2) is 9.92. The van der Waals surface area contributed by atoms with Crippen molar-refractivity contribution in [2.24, 2.45) is 0 Å². The zero-order chi connectivity index (χ0) is 21.4. The van der Waals surface area contributed by atoms with Crippen LogP contribution in [-0.2, 0) is 22.2 Å². The predicted molar refractivity (Wildman–Crippen MR) is 97.4 cm³/mol. The van der Waals surface area contributed by atoms with E-state index in [0.29, 0.717) is 11.3 Å². The van der Waals surface area contributed by atoms with Crippen LogP contribution in [0.5, 0.6) is 5.75 Å². The van der Waals surface area contributed by atoms with Gasteiger partial charge in [0.25, 0.3) is 0 Å². The van der Waals surface area contributed by atoms with Crippen LogP contribution in [0.1, 0.15) is 23.6 Å². The number of nitrogens with one attached hydrogen (secondary N) is 1. The Bertz CT molecular complexity index is 864. The van der Waals surface area contributed by atoms with Gasteiger partial charge in [0.1, 0.15) is 13.2 Å². The first kappa shape index (κ1) is 22.2. The van der Waals surface area contributed by atoms with Crippen LogP contribution in [0.25, 0.3) is 5.70 Å². The molecule has 29 heavy (non-hydrogen) atoms. The normalized spacial score (nSPS) is 12.0. The van der Waals surface area contributed by atoms with Crippen molar-refractivity contribution in [2.45, 2.75) is 19.5 Å². The Kier molecular flexibility index (Phi) is 7.60. The standard InChI is InChI=1S/C20H19F4NO4/c1-2-16(13-6-8-15(9-7-13)20(22,23)24)25-29-11-10-28-17-5-3-4-14(19(17)21)12-18(26)27/h2-9,25H,10-12H2,1H3,(H,26,27). The summed E-state index contributed by atoms with van der Waals surface area (Å²) in [5.41, 5.74) is 2.81. The summed E-state index contributed by atoms with van der Waals surface area (Å²) < 4.78 is 57.2. The number of alkyl halides is 3. The number of carboxylic acids is 1. The molecule has 2 aromatic rings. The largest absolute Gasteiger partial charge is 0.488 e. The maximum absolute atomic E-state index is 14.1. The van der Waals surface area contributed by atoms with E-state index < -0.39 is 29.9 Å². The minimum Gasteiger partial charge on any atom is -0.488 e. The van der Waals surface area contributed by atoms with Crippen LogP contribution in [0.3, 0.4) is 0 Å². The number of carboxylic acid groups (broad SMARTS) is 1. The van der Waals surface area contributed by atoms with Crippen LogP contribution in [0.15, 0.2) is 48.5 Å². The summed E-state index contributed by atoms with van der Waals surface area (Å²) in [6, 6.07) is 8.78. The average molecular weight is 413 g/mol. The summed E-state index contributed by atoms with van der Waals surface area (Å²) in [5.74, 6) is -2.00. The van der Waals surface area contributed by atoms with E-state index in [1.807, 2.05) is 0 Å². The van der Waals surface area contributed by atoms with Crippen molar-refractivity contribution in [1.82, 2.24) is 5.48 Å². The number of rotatable bonds is 9. The number of carbonyl (C=O) groups is 1. The van der Waals surface area contributed by atoms with Gasteiger partial charge in [-0.25, -0.2) is 4.39 Å². The lowest BCUT2D eigenvalue weighted by molar-refractivity contribution is -0.138. The summed E-state index contributed by atoms with van der Waals surface area (Å²) in [5, 5.41) is 8.76. The van der Waals surface area contributed by atoms with Gasteiger partial charge in [-0.15, -0.1) is 0 Å². The van der Waals surface area contributed by atoms with E-state index in [9.17, 15) is 22.4 Å². The molecule has 0 aromatic heterocycles. The predicted octanol–water partition coefficient (Wildman–Crippen LogP) is 4.43. The van der Waals surface area contributed by atoms with Crippen LogP contribution >= 0.6 is 0 Å². The van der Waals surface area contributed by atoms with E-state index in [4.69, 9.17) is 14.7 Å². The van der Waals surface area contributed by atoms with Crippen molar-refractivity contribution in [1.29, 1.82) is 0 Å². The summed E-state index contributed by atoms with van der Waals surface area (Å²) in [7, 11) is 0. The highest BCUT2D eigenvalue weighted by Gasteiger charge is 2.30. The third-order valence-electron chi connectivity index (χ3n) is 3.82. The molecule has 0 spiro atoms. The lowest BCUT2D eigenvalue weighted by Gasteiger charge is -2.13. The Morgan fingerprint density at radius 1 is 1.14 bits per heavy atom. The van der Waals surface area contributed by atoms with E-state index in [2.05, 4.69) is 5.48 Å². The van der Waals surface area contributed by atoms with Crippen LogP contribution in [0, 0.1) is 5.82 Å². The summed E-state index contributed by atoms with van der Waals surface area (Å²) in [4.78, 5) is 15.9. The minimum absolute atomic E-state index is 0.000568. The third-order valence-corrected chi connectivity index (χ3v) is 3.82. The Balaban J connectivity index is 1.85. The molecule has 9 heteroatoms. The smallest absolute Gasteiger partial charge is 0.416 e. The van der Waals surface area contributed by atoms with E-state index in [-0.39, 0.29) is 24.5 Å². The molecule has 0 aliphatic rings. The van der Waals surface area contributed by atoms with Crippen molar-refractivity contribution in [3.05, 3.63) is 71.0 Å². The minimum atomic E-state index is -4.41. The fourth-order valence-corrected chi connectivity index (χ4v) is 2.41. The molecule has 2 aromatic carbocycles. The van der Waals surface area contributed by atoms with E-state index in [0.717, 1.165) is 12.1 Å². The van der Waals surface area contributed by atoms with Crippen molar-refractivity contribution in [2.75, 3.05) is 13.2 Å². The monoisotopic (exact) mass is 413 g/mol. The molecule has 0 unspecified atom stereocenters. The maximum atomic E-state index is 14.1. The second-order valence-corrected chi connectivity index (χ2v) is 5.88. The molecule has 0 heterocycles. The van der Waals surface area contributed by atoms with Crippen LogP contribution < -0.4 is 10.2 Å². The lowest BCUT2D eigenvalue weighted by atomic mass is 10.1. The van der Waals surface area contributed by atoms with Crippen LogP contribution in [0.2, 0.25) is 0 Å². The van der Waals surface area contributed by atoms with E-state index in [1.165, 1.54) is 30.3 Å². The number of benzene rings is 2. The Morgan fingerprint density at radius 3 is 2.41 bits per heavy atom. The Morgan fingerprint density at radius 2 is 1.83 bits per heavy atom. The highest BCUT2D eigenvalue weighted by molar-refractivity contribution is 5.70. The molecule has 156 valence electrons. The van der Waals surface area contributed by atoms with E-state index >= 15 is 0 Å². The Hall–Kier alpha value is -3.07. The van der Waals surface area contributed by atoms with Gasteiger partial charge in [-0.05, 0) is 30.7 Å². The highest BCUT2D eigenvalue weighted by atomic mass is 19.4. The molecule has 0 fully saturated rings. The number of hydrogen-bond donors (Lipinski definition) is 2. The van der Waals surface area contributed by atoms with Crippen molar-refractivity contribution in [3.63, 3.8) is 0 Å². The van der Waals surface area contributed by atoms with Gasteiger partial charge in [-0.3, -0.25) is 15.1 Å². The zero-order valence-corrected chi connectivity index (χ0v) is 15.4. The fourth-order valence-electron chi connectivity index (χ4n) is 2.41. The highest BCUT2D eigenvalue weighted by Crippen LogP contribution is 2.29. The Labute approximate surface area is 164 Å². The van der Waals surface area contributed by atoms with Gasteiger partial charge in [-0.2, -0.15) is 13.2 Å². The molecule has 0 aliphatic heterocycles. The molecule has 5 nitrogen and oxygen atoms in total. The number of ether oxygens (including phenoxy) is 1. The molecule has 0 atom stereocenters. The number of allylic oxidation sites excluding steroid dienone is 1. The quantitative estimate of drug-likeness (QED) is 0.362. The first-order chi connectivity index (χ1) is 13.7. The van der Waals surface area contributed by atoms with Gasteiger partial charge in [0.2, 0.25) is 0 Å².